The van der Waals surface area contributed by atoms with Gasteiger partial charge in [-0.2, -0.15) is 0 Å². The van der Waals surface area contributed by atoms with Gasteiger partial charge in [-0.05, 0) is 19.3 Å². The standard InChI is InChI=1S/C15H23N7O/c1-20-12-18-19-14(20)13-4-2-8-22(10-13)15(23)17-5-3-7-21-9-6-16-11-21/h6,9,11-13H,2-5,7-8,10H2,1H3,(H,17,23). The van der Waals surface area contributed by atoms with Crippen LogP contribution in [0, 0.1) is 0 Å². The molecule has 0 bridgehead atoms. The number of rotatable bonds is 5. The summed E-state index contributed by atoms with van der Waals surface area (Å²) in [5.41, 5.74) is 0. The van der Waals surface area contributed by atoms with Gasteiger partial charge in [0.1, 0.15) is 12.2 Å². The van der Waals surface area contributed by atoms with Crippen LogP contribution in [0.25, 0.3) is 0 Å². The van der Waals surface area contributed by atoms with E-state index in [2.05, 4.69) is 20.5 Å². The van der Waals surface area contributed by atoms with Gasteiger partial charge in [-0.1, -0.05) is 0 Å². The minimum Gasteiger partial charge on any atom is -0.338 e. The summed E-state index contributed by atoms with van der Waals surface area (Å²) in [5, 5.41) is 11.1. The summed E-state index contributed by atoms with van der Waals surface area (Å²) < 4.78 is 3.95. The number of urea groups is 1. The number of piperidine rings is 1. The first kappa shape index (κ1) is 15.5. The molecule has 1 aliphatic heterocycles. The van der Waals surface area contributed by atoms with Gasteiger partial charge >= 0.3 is 6.03 Å². The summed E-state index contributed by atoms with van der Waals surface area (Å²) in [7, 11) is 1.95. The van der Waals surface area contributed by atoms with E-state index in [1.165, 1.54) is 0 Å². The summed E-state index contributed by atoms with van der Waals surface area (Å²) in [4.78, 5) is 18.2. The second-order valence-corrected chi connectivity index (χ2v) is 5.97. The molecule has 8 heteroatoms. The Kier molecular flexibility index (Phi) is 4.89. The molecule has 0 saturated carbocycles. The number of amides is 2. The Bertz CT molecular complexity index is 622. The van der Waals surface area contributed by atoms with Crippen molar-refractivity contribution in [2.45, 2.75) is 31.7 Å². The lowest BCUT2D eigenvalue weighted by Gasteiger charge is -2.32. The molecule has 1 N–H and O–H groups in total. The molecule has 0 radical (unpaired) electrons. The second kappa shape index (κ2) is 7.26. The highest BCUT2D eigenvalue weighted by atomic mass is 16.2. The van der Waals surface area contributed by atoms with E-state index < -0.39 is 0 Å². The Hall–Kier alpha value is -2.38. The zero-order chi connectivity index (χ0) is 16.1. The van der Waals surface area contributed by atoms with Gasteiger partial charge in [0.2, 0.25) is 0 Å². The minimum absolute atomic E-state index is 0.0162. The molecule has 0 aliphatic carbocycles. The van der Waals surface area contributed by atoms with Gasteiger partial charge in [0.05, 0.1) is 6.33 Å². The molecule has 0 spiro atoms. The van der Waals surface area contributed by atoms with Gasteiger partial charge in [0.15, 0.2) is 0 Å². The van der Waals surface area contributed by atoms with E-state index in [4.69, 9.17) is 0 Å². The van der Waals surface area contributed by atoms with E-state index in [1.54, 1.807) is 18.9 Å². The quantitative estimate of drug-likeness (QED) is 0.834. The van der Waals surface area contributed by atoms with Crippen molar-refractivity contribution in [1.29, 1.82) is 0 Å². The zero-order valence-electron chi connectivity index (χ0n) is 13.4. The van der Waals surface area contributed by atoms with Gasteiger partial charge < -0.3 is 19.4 Å². The highest BCUT2D eigenvalue weighted by molar-refractivity contribution is 5.74. The lowest BCUT2D eigenvalue weighted by molar-refractivity contribution is 0.177. The average Bonchev–Trinajstić information content (AvgIpc) is 3.23. The fourth-order valence-electron chi connectivity index (χ4n) is 3.02. The second-order valence-electron chi connectivity index (χ2n) is 5.97. The number of hydrogen-bond donors (Lipinski definition) is 1. The van der Waals surface area contributed by atoms with E-state index in [9.17, 15) is 4.79 Å². The fourth-order valence-corrected chi connectivity index (χ4v) is 3.02. The average molecular weight is 317 g/mol. The van der Waals surface area contributed by atoms with Crippen molar-refractivity contribution in [3.63, 3.8) is 0 Å². The van der Waals surface area contributed by atoms with Crippen LogP contribution in [-0.2, 0) is 13.6 Å². The number of aryl methyl sites for hydroxylation is 2. The first-order valence-electron chi connectivity index (χ1n) is 8.06. The van der Waals surface area contributed by atoms with E-state index in [-0.39, 0.29) is 11.9 Å². The predicted octanol–water partition coefficient (Wildman–Crippen LogP) is 0.991. The molecule has 2 aromatic heterocycles. The predicted molar refractivity (Wildman–Crippen MR) is 84.8 cm³/mol. The Morgan fingerprint density at radius 1 is 1.43 bits per heavy atom. The number of imidazole rings is 1. The van der Waals surface area contributed by atoms with E-state index >= 15 is 0 Å². The lowest BCUT2D eigenvalue weighted by atomic mass is 9.97. The van der Waals surface area contributed by atoms with Crippen LogP contribution >= 0.6 is 0 Å². The molecule has 1 aliphatic rings. The molecule has 1 fully saturated rings. The van der Waals surface area contributed by atoms with Gasteiger partial charge in [-0.15, -0.1) is 10.2 Å². The number of nitrogens with one attached hydrogen (secondary N) is 1. The molecule has 23 heavy (non-hydrogen) atoms. The maximum absolute atomic E-state index is 12.3. The van der Waals surface area contributed by atoms with Gasteiger partial charge in [0, 0.05) is 51.5 Å². The lowest BCUT2D eigenvalue weighted by Crippen LogP contribution is -2.45. The summed E-state index contributed by atoms with van der Waals surface area (Å²) in [6.07, 6.45) is 10.1. The van der Waals surface area contributed by atoms with Crippen molar-refractivity contribution < 1.29 is 4.79 Å². The molecular weight excluding hydrogens is 294 g/mol. The smallest absolute Gasteiger partial charge is 0.317 e. The maximum atomic E-state index is 12.3. The Labute approximate surface area is 135 Å². The number of carbonyl (C=O) groups excluding carboxylic acids is 1. The molecule has 8 nitrogen and oxygen atoms in total. The van der Waals surface area contributed by atoms with E-state index in [0.717, 1.165) is 38.2 Å². The van der Waals surface area contributed by atoms with Crippen molar-refractivity contribution in [3.8, 4) is 0 Å². The molecular formula is C15H23N7O. The first-order chi connectivity index (χ1) is 11.2. The normalized spacial score (nSPS) is 18.1. The van der Waals surface area contributed by atoms with Crippen LogP contribution in [0.15, 0.2) is 25.0 Å². The van der Waals surface area contributed by atoms with Crippen LogP contribution in [0.1, 0.15) is 31.0 Å². The van der Waals surface area contributed by atoms with Gasteiger partial charge in [-0.3, -0.25) is 0 Å². The Morgan fingerprint density at radius 3 is 3.09 bits per heavy atom. The van der Waals surface area contributed by atoms with Crippen molar-refractivity contribution in [2.75, 3.05) is 19.6 Å². The van der Waals surface area contributed by atoms with Crippen LogP contribution in [0.3, 0.4) is 0 Å². The molecule has 2 aromatic rings. The number of aromatic nitrogens is 5. The molecule has 1 unspecified atom stereocenters. The van der Waals surface area contributed by atoms with Crippen molar-refractivity contribution in [1.82, 2.24) is 34.5 Å². The summed E-state index contributed by atoms with van der Waals surface area (Å²) >= 11 is 0. The Morgan fingerprint density at radius 2 is 2.35 bits per heavy atom. The van der Waals surface area contributed by atoms with Crippen LogP contribution in [0.4, 0.5) is 4.79 Å². The Balaban J connectivity index is 1.44. The van der Waals surface area contributed by atoms with Crippen molar-refractivity contribution in [3.05, 3.63) is 30.9 Å². The number of hydrogen-bond acceptors (Lipinski definition) is 4. The highest BCUT2D eigenvalue weighted by Gasteiger charge is 2.27. The molecule has 1 saturated heterocycles. The fraction of sp³-hybridized carbons (Fsp3) is 0.600. The maximum Gasteiger partial charge on any atom is 0.317 e. The summed E-state index contributed by atoms with van der Waals surface area (Å²) in [6.45, 7) is 3.05. The molecule has 1 atom stereocenters. The van der Waals surface area contributed by atoms with Crippen molar-refractivity contribution in [2.24, 2.45) is 7.05 Å². The molecule has 3 heterocycles. The van der Waals surface area contributed by atoms with Crippen molar-refractivity contribution >= 4 is 6.03 Å². The summed E-state index contributed by atoms with van der Waals surface area (Å²) in [5.74, 6) is 1.23. The topological polar surface area (TPSA) is 80.9 Å². The van der Waals surface area contributed by atoms with Crippen LogP contribution in [-0.4, -0.2) is 54.9 Å². The zero-order valence-corrected chi connectivity index (χ0v) is 13.4. The highest BCUT2D eigenvalue weighted by Crippen LogP contribution is 2.24. The van der Waals surface area contributed by atoms with Gasteiger partial charge in [-0.25, -0.2) is 9.78 Å². The van der Waals surface area contributed by atoms with Gasteiger partial charge in [0.25, 0.3) is 0 Å². The van der Waals surface area contributed by atoms with Crippen LogP contribution in [0.2, 0.25) is 0 Å². The SMILES string of the molecule is Cn1cnnc1C1CCCN(C(=O)NCCCn2ccnc2)C1. The van der Waals surface area contributed by atoms with E-state index in [1.807, 2.05) is 27.3 Å². The van der Waals surface area contributed by atoms with Crippen LogP contribution in [0.5, 0.6) is 0 Å². The third-order valence-electron chi connectivity index (χ3n) is 4.25. The molecule has 124 valence electrons. The third kappa shape index (κ3) is 3.88. The number of likely N-dealkylation sites (tertiary alicyclic amines) is 1. The summed E-state index contributed by atoms with van der Waals surface area (Å²) in [6, 6.07) is 0.0162. The molecule has 0 aromatic carbocycles. The largest absolute Gasteiger partial charge is 0.338 e. The number of nitrogens with zero attached hydrogens (tertiary/aromatic N) is 6. The number of carbonyl (C=O) groups is 1. The molecule has 3 rings (SSSR count). The van der Waals surface area contributed by atoms with Crippen LogP contribution < -0.4 is 5.32 Å². The van der Waals surface area contributed by atoms with E-state index in [0.29, 0.717) is 13.1 Å². The monoisotopic (exact) mass is 317 g/mol. The minimum atomic E-state index is 0.0162. The first-order valence-corrected chi connectivity index (χ1v) is 8.06. The molecule has 2 amide bonds. The third-order valence-corrected chi connectivity index (χ3v) is 4.25.